The molecule has 104 valence electrons. The summed E-state index contributed by atoms with van der Waals surface area (Å²) in [6.45, 7) is 4.21. The van der Waals surface area contributed by atoms with Crippen LogP contribution >= 0.6 is 15.9 Å². The van der Waals surface area contributed by atoms with Crippen molar-refractivity contribution in [3.05, 3.63) is 52.0 Å². The van der Waals surface area contributed by atoms with Crippen LogP contribution < -0.4 is 0 Å². The summed E-state index contributed by atoms with van der Waals surface area (Å²) in [5.74, 6) is -0.0950. The lowest BCUT2D eigenvalue weighted by Crippen LogP contribution is -2.27. The van der Waals surface area contributed by atoms with Crippen molar-refractivity contribution in [1.82, 2.24) is 4.57 Å². The summed E-state index contributed by atoms with van der Waals surface area (Å²) in [5, 5.41) is 0. The molecular formula is C16H15BrFNO. The maximum absolute atomic E-state index is 13.4. The van der Waals surface area contributed by atoms with Gasteiger partial charge in [-0.3, -0.25) is 4.79 Å². The molecule has 0 N–H and O–H groups in total. The van der Waals surface area contributed by atoms with Gasteiger partial charge in [-0.05, 0) is 52.0 Å². The monoisotopic (exact) mass is 335 g/mol. The predicted molar refractivity (Wildman–Crippen MR) is 79.9 cm³/mol. The standard InChI is InChI=1S/C16H15BrFNO/c1-16(2)8-14-11(15(20)9-16)5-6-19(14)10-3-4-13(18)12(17)7-10/h3-7H,8-9H2,1-2H3. The molecule has 0 radical (unpaired) electrons. The Hall–Kier alpha value is -1.42. The largest absolute Gasteiger partial charge is 0.320 e. The first-order chi connectivity index (χ1) is 9.37. The van der Waals surface area contributed by atoms with Crippen LogP contribution in [0.15, 0.2) is 34.9 Å². The third-order valence-corrected chi connectivity index (χ3v) is 4.37. The molecule has 0 spiro atoms. The number of halogens is 2. The molecule has 0 saturated heterocycles. The number of carbonyl (C=O) groups is 1. The molecule has 20 heavy (non-hydrogen) atoms. The van der Waals surface area contributed by atoms with Gasteiger partial charge in [0, 0.05) is 29.6 Å². The number of ketones is 1. The van der Waals surface area contributed by atoms with Gasteiger partial charge in [0.15, 0.2) is 5.78 Å². The second-order valence-electron chi connectivity index (χ2n) is 6.09. The molecule has 1 aromatic heterocycles. The molecule has 0 aliphatic heterocycles. The second-order valence-corrected chi connectivity index (χ2v) is 6.94. The van der Waals surface area contributed by atoms with E-state index in [-0.39, 0.29) is 17.0 Å². The minimum absolute atomic E-state index is 0.0303. The highest BCUT2D eigenvalue weighted by atomic mass is 79.9. The number of fused-ring (bicyclic) bond motifs is 1. The van der Waals surface area contributed by atoms with Crippen molar-refractivity contribution in [3.8, 4) is 5.69 Å². The van der Waals surface area contributed by atoms with Crippen molar-refractivity contribution < 1.29 is 9.18 Å². The lowest BCUT2D eigenvalue weighted by molar-refractivity contribution is 0.0911. The van der Waals surface area contributed by atoms with Gasteiger partial charge in [-0.2, -0.15) is 0 Å². The molecule has 2 aromatic rings. The van der Waals surface area contributed by atoms with Crippen molar-refractivity contribution in [2.75, 3.05) is 0 Å². The third kappa shape index (κ3) is 2.22. The number of hydrogen-bond acceptors (Lipinski definition) is 1. The van der Waals surface area contributed by atoms with E-state index in [9.17, 15) is 9.18 Å². The van der Waals surface area contributed by atoms with Crippen molar-refractivity contribution >= 4 is 21.7 Å². The number of rotatable bonds is 1. The fourth-order valence-corrected chi connectivity index (χ4v) is 3.19. The summed E-state index contributed by atoms with van der Waals surface area (Å²) in [4.78, 5) is 12.2. The van der Waals surface area contributed by atoms with E-state index in [1.54, 1.807) is 12.1 Å². The van der Waals surface area contributed by atoms with E-state index in [0.717, 1.165) is 23.4 Å². The van der Waals surface area contributed by atoms with Crippen LogP contribution in [0.4, 0.5) is 4.39 Å². The highest BCUT2D eigenvalue weighted by molar-refractivity contribution is 9.10. The van der Waals surface area contributed by atoms with E-state index < -0.39 is 0 Å². The fraction of sp³-hybridized carbons (Fsp3) is 0.312. The van der Waals surface area contributed by atoms with Gasteiger partial charge >= 0.3 is 0 Å². The molecule has 0 amide bonds. The van der Waals surface area contributed by atoms with Crippen molar-refractivity contribution in [3.63, 3.8) is 0 Å². The first-order valence-electron chi connectivity index (χ1n) is 6.56. The molecule has 2 nitrogen and oxygen atoms in total. The van der Waals surface area contributed by atoms with Crippen molar-refractivity contribution in [1.29, 1.82) is 0 Å². The Labute approximate surface area is 125 Å². The normalized spacial score (nSPS) is 17.1. The van der Waals surface area contributed by atoms with Crippen LogP contribution in [0.25, 0.3) is 5.69 Å². The Bertz CT molecular complexity index is 702. The number of Topliss-reactive ketones (excluding diaryl/α,β-unsaturated/α-hetero) is 1. The molecule has 4 heteroatoms. The van der Waals surface area contributed by atoms with Crippen LogP contribution in [0.2, 0.25) is 0 Å². The summed E-state index contributed by atoms with van der Waals surface area (Å²) in [7, 11) is 0. The van der Waals surface area contributed by atoms with E-state index in [0.29, 0.717) is 10.9 Å². The van der Waals surface area contributed by atoms with E-state index in [1.165, 1.54) is 6.07 Å². The van der Waals surface area contributed by atoms with Crippen molar-refractivity contribution in [2.45, 2.75) is 26.7 Å². The second kappa shape index (κ2) is 4.55. The zero-order valence-electron chi connectivity index (χ0n) is 11.4. The van der Waals surface area contributed by atoms with Gasteiger partial charge in [0.2, 0.25) is 0 Å². The molecule has 0 fully saturated rings. The predicted octanol–water partition coefficient (Wildman–Crippen LogP) is 4.53. The third-order valence-electron chi connectivity index (χ3n) is 3.76. The zero-order chi connectivity index (χ0) is 14.5. The molecule has 0 atom stereocenters. The van der Waals surface area contributed by atoms with E-state index >= 15 is 0 Å². The lowest BCUT2D eigenvalue weighted by atomic mass is 9.76. The van der Waals surface area contributed by atoms with Gasteiger partial charge in [0.1, 0.15) is 5.82 Å². The van der Waals surface area contributed by atoms with Crippen molar-refractivity contribution in [2.24, 2.45) is 5.41 Å². The van der Waals surface area contributed by atoms with Crippen LogP contribution in [-0.2, 0) is 6.42 Å². The van der Waals surface area contributed by atoms with Gasteiger partial charge in [-0.25, -0.2) is 4.39 Å². The summed E-state index contributed by atoms with van der Waals surface area (Å²) >= 11 is 3.21. The summed E-state index contributed by atoms with van der Waals surface area (Å²) in [6, 6.07) is 6.76. The smallest absolute Gasteiger partial charge is 0.165 e. The molecule has 1 aliphatic carbocycles. The quantitative estimate of drug-likeness (QED) is 0.750. The summed E-state index contributed by atoms with van der Waals surface area (Å²) < 4.78 is 15.8. The Kier molecular flexibility index (Phi) is 3.09. The average molecular weight is 336 g/mol. The minimum atomic E-state index is -0.286. The Balaban J connectivity index is 2.13. The molecule has 1 aromatic carbocycles. The first-order valence-corrected chi connectivity index (χ1v) is 7.35. The molecule has 0 unspecified atom stereocenters. The van der Waals surface area contributed by atoms with E-state index in [1.807, 2.05) is 16.8 Å². The number of nitrogens with zero attached hydrogens (tertiary/aromatic N) is 1. The summed E-state index contributed by atoms with van der Waals surface area (Å²) in [6.07, 6.45) is 3.32. The van der Waals surface area contributed by atoms with Gasteiger partial charge in [0.25, 0.3) is 0 Å². The van der Waals surface area contributed by atoms with Crippen LogP contribution in [0.3, 0.4) is 0 Å². The molecule has 0 saturated carbocycles. The SMILES string of the molecule is CC1(C)CC(=O)c2ccn(-c3ccc(F)c(Br)c3)c2C1. The van der Waals surface area contributed by atoms with Crippen LogP contribution in [0.5, 0.6) is 0 Å². The highest BCUT2D eigenvalue weighted by Gasteiger charge is 2.33. The molecule has 1 aliphatic rings. The highest BCUT2D eigenvalue weighted by Crippen LogP contribution is 2.36. The Morgan fingerprint density at radius 1 is 1.25 bits per heavy atom. The van der Waals surface area contributed by atoms with E-state index in [4.69, 9.17) is 0 Å². The number of benzene rings is 1. The lowest BCUT2D eigenvalue weighted by Gasteiger charge is -2.29. The summed E-state index contributed by atoms with van der Waals surface area (Å²) in [5.41, 5.74) is 2.65. The first kappa shape index (κ1) is 13.6. The number of aromatic nitrogens is 1. The van der Waals surface area contributed by atoms with Gasteiger partial charge in [-0.1, -0.05) is 13.8 Å². The number of hydrogen-bond donors (Lipinski definition) is 0. The molecule has 1 heterocycles. The Morgan fingerprint density at radius 2 is 2.00 bits per heavy atom. The topological polar surface area (TPSA) is 22.0 Å². The van der Waals surface area contributed by atoms with Crippen LogP contribution in [0, 0.1) is 11.2 Å². The zero-order valence-corrected chi connectivity index (χ0v) is 13.0. The molecular weight excluding hydrogens is 321 g/mol. The van der Waals surface area contributed by atoms with Crippen LogP contribution in [-0.4, -0.2) is 10.4 Å². The maximum Gasteiger partial charge on any atom is 0.165 e. The van der Waals surface area contributed by atoms with E-state index in [2.05, 4.69) is 29.8 Å². The van der Waals surface area contributed by atoms with Crippen LogP contribution in [0.1, 0.15) is 36.3 Å². The molecule has 0 bridgehead atoms. The average Bonchev–Trinajstić information content (AvgIpc) is 2.75. The minimum Gasteiger partial charge on any atom is -0.320 e. The maximum atomic E-state index is 13.4. The van der Waals surface area contributed by atoms with Gasteiger partial charge in [0.05, 0.1) is 4.47 Å². The Morgan fingerprint density at radius 3 is 2.70 bits per heavy atom. The number of carbonyl (C=O) groups excluding carboxylic acids is 1. The molecule has 3 rings (SSSR count). The fourth-order valence-electron chi connectivity index (χ4n) is 2.82. The van der Waals surface area contributed by atoms with Gasteiger partial charge in [-0.15, -0.1) is 0 Å². The van der Waals surface area contributed by atoms with Gasteiger partial charge < -0.3 is 4.57 Å².